The molecule has 2 fully saturated rings. The third kappa shape index (κ3) is 5.41. The van der Waals surface area contributed by atoms with E-state index in [9.17, 15) is 9.59 Å². The summed E-state index contributed by atoms with van der Waals surface area (Å²) in [4.78, 5) is 28.4. The fourth-order valence-corrected chi connectivity index (χ4v) is 3.10. The van der Waals surface area contributed by atoms with Crippen molar-refractivity contribution in [1.29, 1.82) is 0 Å². The molecule has 2 aliphatic heterocycles. The Labute approximate surface area is 139 Å². The van der Waals surface area contributed by atoms with Crippen molar-refractivity contribution in [2.24, 2.45) is 0 Å². The second kappa shape index (κ2) is 10.0. The highest BCUT2D eigenvalue weighted by molar-refractivity contribution is 5.87. The third-order valence-corrected chi connectivity index (χ3v) is 4.37. The topological polar surface area (TPSA) is 64.7 Å². The summed E-state index contributed by atoms with van der Waals surface area (Å²) < 4.78 is 0. The molecule has 2 aliphatic rings. The Morgan fingerprint density at radius 3 is 2.59 bits per heavy atom. The minimum Gasteiger partial charge on any atom is -0.353 e. The van der Waals surface area contributed by atoms with Gasteiger partial charge >= 0.3 is 0 Å². The van der Waals surface area contributed by atoms with Crippen LogP contribution in [0.15, 0.2) is 0 Å². The summed E-state index contributed by atoms with van der Waals surface area (Å²) >= 11 is 0. The fourth-order valence-electron chi connectivity index (χ4n) is 3.10. The van der Waals surface area contributed by atoms with Crippen molar-refractivity contribution in [3.8, 4) is 0 Å². The molecular weight excluding hydrogens is 304 g/mol. The summed E-state index contributed by atoms with van der Waals surface area (Å²) in [7, 11) is 0. The average Bonchev–Trinajstić information content (AvgIpc) is 2.55. The zero-order chi connectivity index (χ0) is 15.1. The van der Waals surface area contributed by atoms with E-state index in [1.165, 1.54) is 0 Å². The maximum Gasteiger partial charge on any atom is 0.242 e. The zero-order valence-electron chi connectivity index (χ0n) is 13.5. The van der Waals surface area contributed by atoms with Crippen LogP contribution in [-0.2, 0) is 9.59 Å². The first kappa shape index (κ1) is 19.2. The van der Waals surface area contributed by atoms with Crippen LogP contribution in [0.2, 0.25) is 0 Å². The van der Waals surface area contributed by atoms with E-state index in [4.69, 9.17) is 0 Å². The van der Waals surface area contributed by atoms with Gasteiger partial charge < -0.3 is 15.5 Å². The van der Waals surface area contributed by atoms with Crippen LogP contribution in [0.25, 0.3) is 0 Å². The van der Waals surface area contributed by atoms with E-state index in [0.29, 0.717) is 13.0 Å². The van der Waals surface area contributed by atoms with Gasteiger partial charge in [0.1, 0.15) is 6.04 Å². The third-order valence-electron chi connectivity index (χ3n) is 4.37. The highest BCUT2D eigenvalue weighted by atomic mass is 35.5. The van der Waals surface area contributed by atoms with Crippen molar-refractivity contribution in [1.82, 2.24) is 20.4 Å². The second-order valence-electron chi connectivity index (χ2n) is 5.83. The normalized spacial score (nSPS) is 22.8. The number of hydrogen-bond acceptors (Lipinski definition) is 4. The summed E-state index contributed by atoms with van der Waals surface area (Å²) in [6, 6.07) is -0.255. The quantitative estimate of drug-likeness (QED) is 0.756. The predicted molar refractivity (Wildman–Crippen MR) is 89.2 cm³/mol. The number of hydrogen-bond donors (Lipinski definition) is 2. The molecule has 2 heterocycles. The molecule has 1 atom stereocenters. The molecule has 0 bridgehead atoms. The van der Waals surface area contributed by atoms with Crippen LogP contribution in [0.1, 0.15) is 32.6 Å². The second-order valence-corrected chi connectivity index (χ2v) is 5.83. The van der Waals surface area contributed by atoms with Crippen LogP contribution < -0.4 is 10.6 Å². The molecule has 0 aliphatic carbocycles. The molecule has 0 radical (unpaired) electrons. The Bertz CT molecular complexity index is 361. The summed E-state index contributed by atoms with van der Waals surface area (Å²) in [5, 5.41) is 6.33. The smallest absolute Gasteiger partial charge is 0.242 e. The Kier molecular flexibility index (Phi) is 8.75. The molecular formula is C15H29ClN4O2. The van der Waals surface area contributed by atoms with Crippen molar-refractivity contribution in [2.45, 2.75) is 38.6 Å². The van der Waals surface area contributed by atoms with E-state index in [0.717, 1.165) is 58.5 Å². The molecule has 7 heteroatoms. The number of nitrogens with zero attached hydrogens (tertiary/aromatic N) is 2. The number of piperidine rings is 1. The minimum atomic E-state index is -0.255. The van der Waals surface area contributed by atoms with E-state index >= 15 is 0 Å². The van der Waals surface area contributed by atoms with Gasteiger partial charge in [-0.1, -0.05) is 6.92 Å². The number of amides is 2. The zero-order valence-corrected chi connectivity index (χ0v) is 14.3. The molecule has 6 nitrogen and oxygen atoms in total. The van der Waals surface area contributed by atoms with E-state index in [2.05, 4.69) is 15.5 Å². The van der Waals surface area contributed by atoms with E-state index < -0.39 is 0 Å². The average molecular weight is 333 g/mol. The van der Waals surface area contributed by atoms with Gasteiger partial charge in [-0.05, 0) is 19.3 Å². The van der Waals surface area contributed by atoms with E-state index in [1.807, 2.05) is 6.92 Å². The fraction of sp³-hybridized carbons (Fsp3) is 0.867. The first-order valence-electron chi connectivity index (χ1n) is 8.22. The largest absolute Gasteiger partial charge is 0.353 e. The van der Waals surface area contributed by atoms with Gasteiger partial charge in [-0.15, -0.1) is 12.4 Å². The van der Waals surface area contributed by atoms with Gasteiger partial charge in [0.2, 0.25) is 11.8 Å². The predicted octanol–water partition coefficient (Wildman–Crippen LogP) is 0.221. The molecule has 0 aromatic heterocycles. The lowest BCUT2D eigenvalue weighted by molar-refractivity contribution is -0.142. The molecule has 0 aromatic carbocycles. The van der Waals surface area contributed by atoms with Crippen molar-refractivity contribution in [3.05, 3.63) is 0 Å². The Morgan fingerprint density at radius 2 is 1.91 bits per heavy atom. The molecule has 2 amide bonds. The molecule has 0 aromatic rings. The Hall–Kier alpha value is -0.850. The van der Waals surface area contributed by atoms with Crippen LogP contribution >= 0.6 is 12.4 Å². The highest BCUT2D eigenvalue weighted by Crippen LogP contribution is 2.18. The number of carbonyl (C=O) groups is 2. The van der Waals surface area contributed by atoms with Crippen LogP contribution in [0.3, 0.4) is 0 Å². The maximum atomic E-state index is 12.3. The number of halogens is 1. The number of rotatable bonds is 5. The molecule has 128 valence electrons. The molecule has 1 unspecified atom stereocenters. The number of piperazine rings is 1. The molecule has 0 spiro atoms. The Balaban J connectivity index is 0.00000242. The van der Waals surface area contributed by atoms with Gasteiger partial charge in [0, 0.05) is 52.2 Å². The summed E-state index contributed by atoms with van der Waals surface area (Å²) in [6.07, 6.45) is 3.31. The number of carbonyl (C=O) groups excluding carboxylic acids is 2. The summed E-state index contributed by atoms with van der Waals surface area (Å²) in [5.41, 5.74) is 0. The molecule has 0 saturated carbocycles. The van der Waals surface area contributed by atoms with Crippen molar-refractivity contribution in [2.75, 3.05) is 45.8 Å². The van der Waals surface area contributed by atoms with Crippen LogP contribution in [0.4, 0.5) is 0 Å². The lowest BCUT2D eigenvalue weighted by Crippen LogP contribution is -2.53. The maximum absolute atomic E-state index is 12.3. The van der Waals surface area contributed by atoms with Crippen LogP contribution in [0.5, 0.6) is 0 Å². The van der Waals surface area contributed by atoms with Crippen molar-refractivity contribution >= 4 is 24.2 Å². The number of nitrogens with one attached hydrogen (secondary N) is 2. The first-order chi connectivity index (χ1) is 10.2. The molecule has 2 saturated heterocycles. The molecule has 2 rings (SSSR count). The van der Waals surface area contributed by atoms with Crippen LogP contribution in [-0.4, -0.2) is 73.5 Å². The summed E-state index contributed by atoms with van der Waals surface area (Å²) in [5.74, 6) is 0.114. The lowest BCUT2D eigenvalue weighted by Gasteiger charge is -2.35. The van der Waals surface area contributed by atoms with Gasteiger partial charge in [0.05, 0.1) is 0 Å². The van der Waals surface area contributed by atoms with E-state index in [-0.39, 0.29) is 30.3 Å². The standard InChI is InChI=1S/C15H28N4O2.ClH/c1-2-14(20)19-9-4-3-5-13(19)15(21)17-8-12-18-10-6-16-7-11-18;/h13,16H,2-12H2,1H3,(H,17,21);1H. The van der Waals surface area contributed by atoms with Crippen molar-refractivity contribution < 1.29 is 9.59 Å². The molecule has 2 N–H and O–H groups in total. The van der Waals surface area contributed by atoms with Gasteiger partial charge in [-0.3, -0.25) is 14.5 Å². The SMILES string of the molecule is CCC(=O)N1CCCCC1C(=O)NCCN1CCNCC1.Cl. The number of likely N-dealkylation sites (tertiary alicyclic amines) is 1. The minimum absolute atomic E-state index is 0. The van der Waals surface area contributed by atoms with Gasteiger partial charge in [0.15, 0.2) is 0 Å². The molecule has 22 heavy (non-hydrogen) atoms. The van der Waals surface area contributed by atoms with Gasteiger partial charge in [0.25, 0.3) is 0 Å². The van der Waals surface area contributed by atoms with Crippen molar-refractivity contribution in [3.63, 3.8) is 0 Å². The monoisotopic (exact) mass is 332 g/mol. The highest BCUT2D eigenvalue weighted by Gasteiger charge is 2.30. The van der Waals surface area contributed by atoms with Crippen LogP contribution in [0, 0.1) is 0 Å². The summed E-state index contributed by atoms with van der Waals surface area (Å²) in [6.45, 7) is 8.27. The van der Waals surface area contributed by atoms with Gasteiger partial charge in [-0.25, -0.2) is 0 Å². The first-order valence-corrected chi connectivity index (χ1v) is 8.22. The Morgan fingerprint density at radius 1 is 1.18 bits per heavy atom. The lowest BCUT2D eigenvalue weighted by atomic mass is 10.0. The van der Waals surface area contributed by atoms with E-state index in [1.54, 1.807) is 4.90 Å². The van der Waals surface area contributed by atoms with Gasteiger partial charge in [-0.2, -0.15) is 0 Å².